The Morgan fingerprint density at radius 2 is 2.00 bits per heavy atom. The monoisotopic (exact) mass is 360 g/mol. The van der Waals surface area contributed by atoms with E-state index in [1.165, 1.54) is 4.90 Å². The van der Waals surface area contributed by atoms with E-state index in [1.807, 2.05) is 0 Å². The quantitative estimate of drug-likeness (QED) is 0.598. The molecule has 6 heteroatoms. The average Bonchev–Trinajstić information content (AvgIpc) is 2.41. The molecule has 2 amide bonds. The van der Waals surface area contributed by atoms with Crippen molar-refractivity contribution < 1.29 is 9.59 Å². The number of hydrogen-bond acceptors (Lipinski definition) is 2. The highest BCUT2D eigenvalue weighted by Crippen LogP contribution is 2.20. The van der Waals surface area contributed by atoms with Crippen LogP contribution in [0.2, 0.25) is 5.02 Å². The number of carbonyl (C=O) groups excluding carboxylic acids is 2. The molecule has 0 fully saturated rings. The SMILES string of the molecule is CN(CC(=O)Nc1ccccc1Cl)C(=O)CCCCBr. The molecule has 0 aliphatic rings. The number of para-hydroxylation sites is 1. The molecule has 0 heterocycles. The Balaban J connectivity index is 2.42. The van der Waals surface area contributed by atoms with Crippen molar-refractivity contribution in [3.05, 3.63) is 29.3 Å². The summed E-state index contributed by atoms with van der Waals surface area (Å²) in [6.45, 7) is 0.0262. The molecule has 110 valence electrons. The summed E-state index contributed by atoms with van der Waals surface area (Å²) >= 11 is 9.27. The molecule has 0 atom stereocenters. The van der Waals surface area contributed by atoms with Crippen LogP contribution in [-0.4, -0.2) is 35.6 Å². The molecular weight excluding hydrogens is 344 g/mol. The van der Waals surface area contributed by atoms with E-state index in [2.05, 4.69) is 21.2 Å². The van der Waals surface area contributed by atoms with Crippen molar-refractivity contribution >= 4 is 45.0 Å². The van der Waals surface area contributed by atoms with E-state index >= 15 is 0 Å². The number of halogens is 2. The molecule has 1 rings (SSSR count). The number of amides is 2. The number of alkyl halides is 1. The highest BCUT2D eigenvalue weighted by Gasteiger charge is 2.13. The smallest absolute Gasteiger partial charge is 0.244 e. The van der Waals surface area contributed by atoms with Gasteiger partial charge in [0.2, 0.25) is 11.8 Å². The molecule has 0 unspecified atom stereocenters. The van der Waals surface area contributed by atoms with Gasteiger partial charge in [0.15, 0.2) is 0 Å². The zero-order valence-corrected chi connectivity index (χ0v) is 13.7. The molecule has 1 aromatic rings. The summed E-state index contributed by atoms with van der Waals surface area (Å²) in [6, 6.07) is 7.00. The van der Waals surface area contributed by atoms with Gasteiger partial charge in [0.25, 0.3) is 0 Å². The van der Waals surface area contributed by atoms with Crippen LogP contribution in [-0.2, 0) is 9.59 Å². The lowest BCUT2D eigenvalue weighted by Crippen LogP contribution is -2.34. The fraction of sp³-hybridized carbons (Fsp3) is 0.429. The third kappa shape index (κ3) is 5.92. The Morgan fingerprint density at radius 3 is 2.65 bits per heavy atom. The molecule has 0 bridgehead atoms. The van der Waals surface area contributed by atoms with Crippen LogP contribution < -0.4 is 5.32 Å². The van der Waals surface area contributed by atoms with Gasteiger partial charge in [0.05, 0.1) is 17.3 Å². The van der Waals surface area contributed by atoms with Crippen molar-refractivity contribution in [1.82, 2.24) is 4.90 Å². The maximum Gasteiger partial charge on any atom is 0.244 e. The minimum Gasteiger partial charge on any atom is -0.336 e. The molecule has 0 spiro atoms. The molecule has 0 aliphatic carbocycles. The first kappa shape index (κ1) is 17.0. The first-order chi connectivity index (χ1) is 9.54. The van der Waals surface area contributed by atoms with Crippen molar-refractivity contribution in [2.75, 3.05) is 24.2 Å². The predicted octanol–water partition coefficient (Wildman–Crippen LogP) is 3.30. The Labute approximate surface area is 132 Å². The standard InChI is InChI=1S/C14H18BrClN2O2/c1-18(14(20)8-4-5-9-15)10-13(19)17-12-7-3-2-6-11(12)16/h2-3,6-7H,4-5,8-10H2,1H3,(H,17,19). The molecule has 1 aromatic carbocycles. The van der Waals surface area contributed by atoms with Gasteiger partial charge in [-0.2, -0.15) is 0 Å². The zero-order valence-electron chi connectivity index (χ0n) is 11.4. The van der Waals surface area contributed by atoms with E-state index in [0.29, 0.717) is 17.1 Å². The number of carbonyl (C=O) groups is 2. The second kappa shape index (κ2) is 8.97. The van der Waals surface area contributed by atoms with Gasteiger partial charge in [-0.3, -0.25) is 9.59 Å². The predicted molar refractivity (Wildman–Crippen MR) is 85.4 cm³/mol. The molecule has 0 aliphatic heterocycles. The van der Waals surface area contributed by atoms with E-state index in [0.717, 1.165) is 18.2 Å². The van der Waals surface area contributed by atoms with Crippen molar-refractivity contribution in [1.29, 1.82) is 0 Å². The second-order valence-electron chi connectivity index (χ2n) is 4.42. The van der Waals surface area contributed by atoms with E-state index in [-0.39, 0.29) is 18.4 Å². The Hall–Kier alpha value is -1.07. The molecule has 0 saturated heterocycles. The molecule has 0 aromatic heterocycles. The molecule has 4 nitrogen and oxygen atoms in total. The lowest BCUT2D eigenvalue weighted by atomic mass is 10.2. The normalized spacial score (nSPS) is 10.2. The Bertz CT molecular complexity index is 468. The third-order valence-electron chi connectivity index (χ3n) is 2.73. The van der Waals surface area contributed by atoms with Crippen LogP contribution in [0.1, 0.15) is 19.3 Å². The number of nitrogens with zero attached hydrogens (tertiary/aromatic N) is 1. The molecule has 0 saturated carbocycles. The van der Waals surface area contributed by atoms with Gasteiger partial charge >= 0.3 is 0 Å². The van der Waals surface area contributed by atoms with Crippen LogP contribution in [0.25, 0.3) is 0 Å². The van der Waals surface area contributed by atoms with Gasteiger partial charge in [-0.25, -0.2) is 0 Å². The van der Waals surface area contributed by atoms with Gasteiger partial charge < -0.3 is 10.2 Å². The van der Waals surface area contributed by atoms with Crippen LogP contribution >= 0.6 is 27.5 Å². The molecule has 1 N–H and O–H groups in total. The summed E-state index contributed by atoms with van der Waals surface area (Å²) < 4.78 is 0. The van der Waals surface area contributed by atoms with Gasteiger partial charge in [0, 0.05) is 18.8 Å². The maximum absolute atomic E-state index is 11.8. The Morgan fingerprint density at radius 1 is 1.30 bits per heavy atom. The van der Waals surface area contributed by atoms with Crippen molar-refractivity contribution in [2.45, 2.75) is 19.3 Å². The van der Waals surface area contributed by atoms with Gasteiger partial charge in [-0.05, 0) is 25.0 Å². The lowest BCUT2D eigenvalue weighted by Gasteiger charge is -2.17. The van der Waals surface area contributed by atoms with E-state index in [4.69, 9.17) is 11.6 Å². The van der Waals surface area contributed by atoms with Gasteiger partial charge in [0.1, 0.15) is 0 Å². The molecule has 20 heavy (non-hydrogen) atoms. The van der Waals surface area contributed by atoms with E-state index in [9.17, 15) is 9.59 Å². The summed E-state index contributed by atoms with van der Waals surface area (Å²) in [5.74, 6) is -0.283. The van der Waals surface area contributed by atoms with E-state index in [1.54, 1.807) is 31.3 Å². The number of likely N-dealkylation sites (N-methyl/N-ethyl adjacent to an activating group) is 1. The topological polar surface area (TPSA) is 49.4 Å². The highest BCUT2D eigenvalue weighted by atomic mass is 79.9. The van der Waals surface area contributed by atoms with E-state index < -0.39 is 0 Å². The van der Waals surface area contributed by atoms with Crippen LogP contribution in [0.5, 0.6) is 0 Å². The van der Waals surface area contributed by atoms with Gasteiger partial charge in [-0.15, -0.1) is 0 Å². The fourth-order valence-corrected chi connectivity index (χ4v) is 2.20. The number of unbranched alkanes of at least 4 members (excludes halogenated alkanes) is 1. The van der Waals surface area contributed by atoms with Crippen molar-refractivity contribution in [3.63, 3.8) is 0 Å². The summed E-state index contributed by atoms with van der Waals surface area (Å²) in [5.41, 5.74) is 0.555. The number of hydrogen-bond donors (Lipinski definition) is 1. The second-order valence-corrected chi connectivity index (χ2v) is 5.62. The fourth-order valence-electron chi connectivity index (χ4n) is 1.62. The minimum absolute atomic E-state index is 0.0262. The van der Waals surface area contributed by atoms with Crippen LogP contribution in [0.3, 0.4) is 0 Å². The summed E-state index contributed by atoms with van der Waals surface area (Å²) in [4.78, 5) is 25.0. The van der Waals surface area contributed by atoms with Gasteiger partial charge in [-0.1, -0.05) is 39.7 Å². The summed E-state index contributed by atoms with van der Waals surface area (Å²) in [6.07, 6.45) is 2.23. The summed E-state index contributed by atoms with van der Waals surface area (Å²) in [7, 11) is 1.63. The number of anilines is 1. The first-order valence-electron chi connectivity index (χ1n) is 6.39. The third-order valence-corrected chi connectivity index (χ3v) is 3.62. The lowest BCUT2D eigenvalue weighted by molar-refractivity contribution is -0.133. The number of benzene rings is 1. The minimum atomic E-state index is -0.255. The number of rotatable bonds is 7. The largest absolute Gasteiger partial charge is 0.336 e. The average molecular weight is 362 g/mol. The molecule has 0 radical (unpaired) electrons. The van der Waals surface area contributed by atoms with Crippen LogP contribution in [0.15, 0.2) is 24.3 Å². The van der Waals surface area contributed by atoms with Crippen molar-refractivity contribution in [3.8, 4) is 0 Å². The van der Waals surface area contributed by atoms with Crippen LogP contribution in [0, 0.1) is 0 Å². The highest BCUT2D eigenvalue weighted by molar-refractivity contribution is 9.09. The molecular formula is C14H18BrClN2O2. The summed E-state index contributed by atoms with van der Waals surface area (Å²) in [5, 5.41) is 4.06. The first-order valence-corrected chi connectivity index (χ1v) is 7.89. The maximum atomic E-state index is 11.8. The van der Waals surface area contributed by atoms with Crippen LogP contribution in [0.4, 0.5) is 5.69 Å². The number of nitrogens with one attached hydrogen (secondary N) is 1. The Kier molecular flexibility index (Phi) is 7.62. The zero-order chi connectivity index (χ0) is 15.0. The van der Waals surface area contributed by atoms with Crippen molar-refractivity contribution in [2.24, 2.45) is 0 Å².